The van der Waals surface area contributed by atoms with Crippen LogP contribution in [0.25, 0.3) is 0 Å². The highest BCUT2D eigenvalue weighted by Gasteiger charge is 2.04. The first-order valence-electron chi connectivity index (χ1n) is 8.88. The van der Waals surface area contributed by atoms with Crippen molar-refractivity contribution in [2.75, 3.05) is 40.5 Å². The van der Waals surface area contributed by atoms with E-state index in [4.69, 9.17) is 9.47 Å². The lowest BCUT2D eigenvalue weighted by Crippen LogP contribution is -2.38. The van der Waals surface area contributed by atoms with Gasteiger partial charge < -0.3 is 20.1 Å². The Balaban J connectivity index is 0.00000576. The second kappa shape index (κ2) is 16.6. The fraction of sp³-hybridized carbons (Fsp3) is 0.632. The molecule has 6 heteroatoms. The Hall–Kier alpha value is -0.860. The molecule has 1 atom stereocenters. The molecule has 1 unspecified atom stereocenters. The van der Waals surface area contributed by atoms with Crippen molar-refractivity contribution in [3.8, 4) is 0 Å². The number of nitrogens with one attached hydrogen (secondary N) is 2. The zero-order valence-electron chi connectivity index (χ0n) is 15.8. The fourth-order valence-electron chi connectivity index (χ4n) is 2.33. The molecule has 0 fully saturated rings. The van der Waals surface area contributed by atoms with Crippen molar-refractivity contribution in [1.82, 2.24) is 10.6 Å². The molecule has 144 valence electrons. The molecule has 0 saturated heterocycles. The summed E-state index contributed by atoms with van der Waals surface area (Å²) in [6.45, 7) is 5.45. The molecule has 0 amide bonds. The molecule has 1 aromatic rings. The molecule has 1 rings (SSSR count). The lowest BCUT2D eigenvalue weighted by Gasteiger charge is -2.14. The lowest BCUT2D eigenvalue weighted by molar-refractivity contribution is 0.0646. The lowest BCUT2D eigenvalue weighted by atomic mass is 10.1. The van der Waals surface area contributed by atoms with E-state index in [0.717, 1.165) is 51.5 Å². The average molecular weight is 463 g/mol. The maximum absolute atomic E-state index is 5.87. The van der Waals surface area contributed by atoms with Crippen molar-refractivity contribution in [2.24, 2.45) is 4.99 Å². The van der Waals surface area contributed by atoms with E-state index < -0.39 is 0 Å². The second-order valence-electron chi connectivity index (χ2n) is 5.76. The molecule has 1 aromatic carbocycles. The number of halogens is 1. The van der Waals surface area contributed by atoms with Crippen LogP contribution in [0.15, 0.2) is 35.3 Å². The van der Waals surface area contributed by atoms with Gasteiger partial charge in [-0.25, -0.2) is 0 Å². The number of aliphatic imine (C=N–C) groups is 1. The van der Waals surface area contributed by atoms with Gasteiger partial charge in [0.05, 0.1) is 6.10 Å². The van der Waals surface area contributed by atoms with Crippen LogP contribution in [0, 0.1) is 0 Å². The van der Waals surface area contributed by atoms with Gasteiger partial charge in [0.15, 0.2) is 5.96 Å². The minimum Gasteiger partial charge on any atom is -0.385 e. The minimum atomic E-state index is 0. The highest BCUT2D eigenvalue weighted by molar-refractivity contribution is 14.0. The van der Waals surface area contributed by atoms with Crippen molar-refractivity contribution in [3.63, 3.8) is 0 Å². The number of benzene rings is 1. The summed E-state index contributed by atoms with van der Waals surface area (Å²) in [6, 6.07) is 10.3. The number of methoxy groups -OCH3 is 1. The second-order valence-corrected chi connectivity index (χ2v) is 5.76. The van der Waals surface area contributed by atoms with E-state index in [9.17, 15) is 0 Å². The third-order valence-corrected chi connectivity index (χ3v) is 3.79. The Labute approximate surface area is 170 Å². The number of guanidine groups is 1. The molecule has 0 aliphatic carbocycles. The molecule has 0 saturated carbocycles. The molecule has 0 bridgehead atoms. The van der Waals surface area contributed by atoms with E-state index in [2.05, 4.69) is 34.7 Å². The Morgan fingerprint density at radius 3 is 2.32 bits per heavy atom. The smallest absolute Gasteiger partial charge is 0.190 e. The molecule has 0 radical (unpaired) electrons. The number of rotatable bonds is 12. The van der Waals surface area contributed by atoms with Crippen LogP contribution in [0.1, 0.15) is 44.3 Å². The molecule has 0 aliphatic heterocycles. The topological polar surface area (TPSA) is 54.9 Å². The van der Waals surface area contributed by atoms with E-state index in [1.165, 1.54) is 12.0 Å². The Kier molecular flexibility index (Phi) is 16.0. The maximum atomic E-state index is 5.87. The zero-order chi connectivity index (χ0) is 17.5. The summed E-state index contributed by atoms with van der Waals surface area (Å²) in [5.41, 5.74) is 1.22. The van der Waals surface area contributed by atoms with Gasteiger partial charge in [0.1, 0.15) is 0 Å². The predicted octanol–water partition coefficient (Wildman–Crippen LogP) is 3.75. The van der Waals surface area contributed by atoms with Gasteiger partial charge in [-0.05, 0) is 38.2 Å². The number of hydrogen-bond donors (Lipinski definition) is 2. The normalized spacial score (nSPS) is 12.4. The van der Waals surface area contributed by atoms with Crippen LogP contribution in [-0.2, 0) is 9.47 Å². The van der Waals surface area contributed by atoms with Gasteiger partial charge in [-0.3, -0.25) is 4.99 Å². The van der Waals surface area contributed by atoms with E-state index in [1.807, 2.05) is 18.2 Å². The van der Waals surface area contributed by atoms with Gasteiger partial charge in [-0.2, -0.15) is 0 Å². The van der Waals surface area contributed by atoms with E-state index in [1.54, 1.807) is 14.2 Å². The van der Waals surface area contributed by atoms with Gasteiger partial charge in [0.25, 0.3) is 0 Å². The van der Waals surface area contributed by atoms with Crippen LogP contribution >= 0.6 is 24.0 Å². The molecular weight excluding hydrogens is 429 g/mol. The van der Waals surface area contributed by atoms with Crippen molar-refractivity contribution in [2.45, 2.75) is 38.7 Å². The van der Waals surface area contributed by atoms with Crippen molar-refractivity contribution in [1.29, 1.82) is 0 Å². The molecule has 0 aliphatic rings. The SMILES string of the molecule is CN=C(NCCCCCOC)NCCCOC(C)c1ccccc1.I. The third-order valence-electron chi connectivity index (χ3n) is 3.79. The maximum Gasteiger partial charge on any atom is 0.190 e. The Bertz CT molecular complexity index is 444. The zero-order valence-corrected chi connectivity index (χ0v) is 18.1. The molecule has 2 N–H and O–H groups in total. The van der Waals surface area contributed by atoms with Crippen molar-refractivity contribution >= 4 is 29.9 Å². The number of hydrogen-bond acceptors (Lipinski definition) is 3. The standard InChI is InChI=1S/C19H33N3O2.HI/c1-17(18-11-6-4-7-12-18)24-16-10-14-22-19(20-2)21-13-8-5-9-15-23-3;/h4,6-7,11-12,17H,5,8-10,13-16H2,1-3H3,(H2,20,21,22);1H. The first-order chi connectivity index (χ1) is 11.8. The minimum absolute atomic E-state index is 0. The monoisotopic (exact) mass is 463 g/mol. The first kappa shape index (κ1) is 24.1. The molecule has 0 aromatic heterocycles. The molecule has 0 spiro atoms. The van der Waals surface area contributed by atoms with Crippen LogP contribution in [0.2, 0.25) is 0 Å². The van der Waals surface area contributed by atoms with Gasteiger partial charge >= 0.3 is 0 Å². The summed E-state index contributed by atoms with van der Waals surface area (Å²) in [5, 5.41) is 6.65. The Morgan fingerprint density at radius 2 is 1.68 bits per heavy atom. The number of ether oxygens (including phenoxy) is 2. The summed E-state index contributed by atoms with van der Waals surface area (Å²) in [4.78, 5) is 4.23. The van der Waals surface area contributed by atoms with E-state index >= 15 is 0 Å². The van der Waals surface area contributed by atoms with E-state index in [-0.39, 0.29) is 30.1 Å². The van der Waals surface area contributed by atoms with Crippen molar-refractivity contribution < 1.29 is 9.47 Å². The molecule has 0 heterocycles. The molecule has 25 heavy (non-hydrogen) atoms. The highest BCUT2D eigenvalue weighted by atomic mass is 127. The Morgan fingerprint density at radius 1 is 1.00 bits per heavy atom. The van der Waals surface area contributed by atoms with Crippen LogP contribution in [0.3, 0.4) is 0 Å². The summed E-state index contributed by atoms with van der Waals surface area (Å²) < 4.78 is 10.9. The third kappa shape index (κ3) is 12.2. The van der Waals surface area contributed by atoms with Gasteiger partial charge in [0, 0.05) is 40.5 Å². The quantitative estimate of drug-likeness (QED) is 0.215. The summed E-state index contributed by atoms with van der Waals surface area (Å²) in [7, 11) is 3.54. The number of unbranched alkanes of at least 4 members (excludes halogenated alkanes) is 2. The largest absolute Gasteiger partial charge is 0.385 e. The van der Waals surface area contributed by atoms with Gasteiger partial charge in [0.2, 0.25) is 0 Å². The summed E-state index contributed by atoms with van der Waals surface area (Å²) >= 11 is 0. The van der Waals surface area contributed by atoms with Gasteiger partial charge in [-0.15, -0.1) is 24.0 Å². The van der Waals surface area contributed by atoms with Crippen molar-refractivity contribution in [3.05, 3.63) is 35.9 Å². The fourth-order valence-corrected chi connectivity index (χ4v) is 2.33. The highest BCUT2D eigenvalue weighted by Crippen LogP contribution is 2.15. The number of nitrogens with zero attached hydrogens (tertiary/aromatic N) is 1. The summed E-state index contributed by atoms with van der Waals surface area (Å²) in [5.74, 6) is 0.859. The first-order valence-corrected chi connectivity index (χ1v) is 8.88. The van der Waals surface area contributed by atoms with Crippen LogP contribution in [0.5, 0.6) is 0 Å². The molecule has 5 nitrogen and oxygen atoms in total. The van der Waals surface area contributed by atoms with Crippen LogP contribution in [0.4, 0.5) is 0 Å². The van der Waals surface area contributed by atoms with Crippen LogP contribution < -0.4 is 10.6 Å². The summed E-state index contributed by atoms with van der Waals surface area (Å²) in [6.07, 6.45) is 4.49. The van der Waals surface area contributed by atoms with Crippen LogP contribution in [-0.4, -0.2) is 46.4 Å². The van der Waals surface area contributed by atoms with E-state index in [0.29, 0.717) is 0 Å². The average Bonchev–Trinajstić information content (AvgIpc) is 2.63. The van der Waals surface area contributed by atoms with Gasteiger partial charge in [-0.1, -0.05) is 30.3 Å². The predicted molar refractivity (Wildman–Crippen MR) is 116 cm³/mol. The molecular formula is C19H34IN3O2.